The second-order valence-electron chi connectivity index (χ2n) is 11.3. The normalized spacial score (nSPS) is 23.2. The number of hydrogen-bond acceptors (Lipinski definition) is 2. The summed E-state index contributed by atoms with van der Waals surface area (Å²) in [6.07, 6.45) is 21.8. The maximum absolute atomic E-state index is 12.5. The topological polar surface area (TPSA) is 74.6 Å². The van der Waals surface area contributed by atoms with E-state index < -0.39 is 22.8 Å². The molecule has 1 saturated carbocycles. The number of carboxylic acids is 2. The summed E-state index contributed by atoms with van der Waals surface area (Å²) in [5.41, 5.74) is -2.16. The first kappa shape index (κ1) is 30.0. The van der Waals surface area contributed by atoms with E-state index in [-0.39, 0.29) is 0 Å². The molecule has 2 atom stereocenters. The van der Waals surface area contributed by atoms with Crippen molar-refractivity contribution in [2.75, 3.05) is 0 Å². The van der Waals surface area contributed by atoms with Gasteiger partial charge in [0.1, 0.15) is 0 Å². The molecule has 194 valence electrons. The van der Waals surface area contributed by atoms with Gasteiger partial charge in [-0.05, 0) is 31.6 Å². The summed E-state index contributed by atoms with van der Waals surface area (Å²) in [7, 11) is 0. The Morgan fingerprint density at radius 3 is 1.36 bits per heavy atom. The molecule has 0 amide bonds. The molecule has 1 rings (SSSR count). The van der Waals surface area contributed by atoms with Crippen LogP contribution in [0.15, 0.2) is 0 Å². The zero-order chi connectivity index (χ0) is 24.6. The van der Waals surface area contributed by atoms with E-state index in [0.29, 0.717) is 25.7 Å². The van der Waals surface area contributed by atoms with Crippen molar-refractivity contribution in [3.63, 3.8) is 0 Å². The highest BCUT2D eigenvalue weighted by Gasteiger charge is 2.61. The molecule has 0 aromatic rings. The van der Waals surface area contributed by atoms with Crippen LogP contribution >= 0.6 is 0 Å². The van der Waals surface area contributed by atoms with E-state index in [4.69, 9.17) is 0 Å². The lowest BCUT2D eigenvalue weighted by Gasteiger charge is -2.48. The molecule has 1 fully saturated rings. The van der Waals surface area contributed by atoms with E-state index in [0.717, 1.165) is 50.9 Å². The van der Waals surface area contributed by atoms with Crippen molar-refractivity contribution in [3.05, 3.63) is 0 Å². The summed E-state index contributed by atoms with van der Waals surface area (Å²) < 4.78 is 0. The molecule has 2 N–H and O–H groups in total. The van der Waals surface area contributed by atoms with E-state index >= 15 is 0 Å². The predicted octanol–water partition coefficient (Wildman–Crippen LogP) is 9.01. The highest BCUT2D eigenvalue weighted by atomic mass is 16.4. The Balaban J connectivity index is 2.30. The highest BCUT2D eigenvalue weighted by Crippen LogP contribution is 2.56. The zero-order valence-electron chi connectivity index (χ0n) is 22.1. The van der Waals surface area contributed by atoms with Crippen LogP contribution in [0.2, 0.25) is 0 Å². The Morgan fingerprint density at radius 2 is 1.00 bits per heavy atom. The van der Waals surface area contributed by atoms with Crippen molar-refractivity contribution >= 4 is 11.9 Å². The van der Waals surface area contributed by atoms with Crippen LogP contribution < -0.4 is 0 Å². The lowest BCUT2D eigenvalue weighted by atomic mass is 9.52. The molecule has 0 saturated heterocycles. The zero-order valence-corrected chi connectivity index (χ0v) is 22.1. The van der Waals surface area contributed by atoms with Gasteiger partial charge >= 0.3 is 11.9 Å². The van der Waals surface area contributed by atoms with E-state index in [2.05, 4.69) is 20.8 Å². The smallest absolute Gasteiger partial charge is 0.310 e. The van der Waals surface area contributed by atoms with Crippen LogP contribution in [0.25, 0.3) is 0 Å². The van der Waals surface area contributed by atoms with Crippen LogP contribution in [-0.4, -0.2) is 22.2 Å². The highest BCUT2D eigenvalue weighted by molar-refractivity contribution is 5.87. The Labute approximate surface area is 204 Å². The summed E-state index contributed by atoms with van der Waals surface area (Å²) in [6, 6.07) is 0. The molecule has 0 aromatic carbocycles. The molecular formula is C29H54O4. The third kappa shape index (κ3) is 9.61. The van der Waals surface area contributed by atoms with Gasteiger partial charge in [-0.3, -0.25) is 9.59 Å². The second kappa shape index (κ2) is 16.5. The van der Waals surface area contributed by atoms with Gasteiger partial charge in [0.15, 0.2) is 0 Å². The van der Waals surface area contributed by atoms with Crippen LogP contribution in [-0.2, 0) is 9.59 Å². The minimum absolute atomic E-state index is 0.503. The summed E-state index contributed by atoms with van der Waals surface area (Å²) in [6.45, 7) is 6.66. The molecule has 2 unspecified atom stereocenters. The van der Waals surface area contributed by atoms with Crippen LogP contribution in [0.1, 0.15) is 156 Å². The van der Waals surface area contributed by atoms with Gasteiger partial charge in [-0.25, -0.2) is 0 Å². The molecule has 0 aliphatic heterocycles. The van der Waals surface area contributed by atoms with Gasteiger partial charge in [-0.2, -0.15) is 0 Å². The minimum atomic E-state index is -1.08. The van der Waals surface area contributed by atoms with Gasteiger partial charge in [-0.15, -0.1) is 0 Å². The number of carbonyl (C=O) groups is 2. The first-order chi connectivity index (χ1) is 15.8. The van der Waals surface area contributed by atoms with Crippen LogP contribution in [0.3, 0.4) is 0 Å². The fourth-order valence-corrected chi connectivity index (χ4v) is 6.12. The van der Waals surface area contributed by atoms with Crippen molar-refractivity contribution in [2.24, 2.45) is 16.7 Å². The van der Waals surface area contributed by atoms with Gasteiger partial charge in [0, 0.05) is 0 Å². The van der Waals surface area contributed by atoms with Gasteiger partial charge in [-0.1, -0.05) is 130 Å². The third-order valence-electron chi connectivity index (χ3n) is 8.28. The SMILES string of the molecule is CCCCC1(C(=O)O)CCCCC1(CCCCCCCCCCCCCCC(C)C)C(=O)O. The van der Waals surface area contributed by atoms with Crippen molar-refractivity contribution in [1.82, 2.24) is 0 Å². The fourth-order valence-electron chi connectivity index (χ4n) is 6.12. The molecular weight excluding hydrogens is 412 g/mol. The first-order valence-corrected chi connectivity index (χ1v) is 14.3. The van der Waals surface area contributed by atoms with Crippen molar-refractivity contribution in [2.45, 2.75) is 156 Å². The number of carboxylic acid groups (broad SMARTS) is 2. The van der Waals surface area contributed by atoms with Crippen LogP contribution in [0.5, 0.6) is 0 Å². The second-order valence-corrected chi connectivity index (χ2v) is 11.3. The molecule has 0 radical (unpaired) electrons. The van der Waals surface area contributed by atoms with Crippen molar-refractivity contribution in [1.29, 1.82) is 0 Å². The summed E-state index contributed by atoms with van der Waals surface area (Å²) in [5.74, 6) is -0.911. The third-order valence-corrected chi connectivity index (χ3v) is 8.28. The van der Waals surface area contributed by atoms with Gasteiger partial charge in [0.05, 0.1) is 10.8 Å². The molecule has 0 spiro atoms. The van der Waals surface area contributed by atoms with E-state index in [1.165, 1.54) is 64.2 Å². The quantitative estimate of drug-likeness (QED) is 0.175. The van der Waals surface area contributed by atoms with E-state index in [1.807, 2.05) is 0 Å². The number of hydrogen-bond donors (Lipinski definition) is 2. The first-order valence-electron chi connectivity index (χ1n) is 14.3. The van der Waals surface area contributed by atoms with Gasteiger partial charge in [0.2, 0.25) is 0 Å². The Kier molecular flexibility index (Phi) is 15.0. The number of unbranched alkanes of at least 4 members (excludes halogenated alkanes) is 12. The molecule has 33 heavy (non-hydrogen) atoms. The predicted molar refractivity (Wildman–Crippen MR) is 138 cm³/mol. The van der Waals surface area contributed by atoms with Crippen molar-refractivity contribution in [3.8, 4) is 0 Å². The van der Waals surface area contributed by atoms with Crippen molar-refractivity contribution < 1.29 is 19.8 Å². The molecule has 1 aliphatic carbocycles. The monoisotopic (exact) mass is 466 g/mol. The van der Waals surface area contributed by atoms with Crippen LogP contribution in [0, 0.1) is 16.7 Å². The summed E-state index contributed by atoms with van der Waals surface area (Å²) in [5, 5.41) is 20.4. The molecule has 0 aromatic heterocycles. The lowest BCUT2D eigenvalue weighted by molar-refractivity contribution is -0.182. The van der Waals surface area contributed by atoms with E-state index in [9.17, 15) is 19.8 Å². The maximum atomic E-state index is 12.5. The molecule has 4 nitrogen and oxygen atoms in total. The molecule has 0 heterocycles. The fraction of sp³-hybridized carbons (Fsp3) is 0.931. The standard InChI is InChI=1S/C29H54O4/c1-4-5-21-28(26(30)31)23-18-19-24-29(28,27(32)33)22-17-15-13-11-9-7-6-8-10-12-14-16-20-25(2)3/h25H,4-24H2,1-3H3,(H,30,31)(H,32,33). The Bertz CT molecular complexity index is 544. The van der Waals surface area contributed by atoms with Gasteiger partial charge < -0.3 is 10.2 Å². The van der Waals surface area contributed by atoms with Gasteiger partial charge in [0.25, 0.3) is 0 Å². The molecule has 4 heteroatoms. The average molecular weight is 467 g/mol. The number of rotatable bonds is 20. The lowest BCUT2D eigenvalue weighted by Crippen LogP contribution is -2.54. The summed E-state index contributed by atoms with van der Waals surface area (Å²) >= 11 is 0. The minimum Gasteiger partial charge on any atom is -0.481 e. The summed E-state index contributed by atoms with van der Waals surface area (Å²) in [4.78, 5) is 24.9. The molecule has 1 aliphatic rings. The largest absolute Gasteiger partial charge is 0.481 e. The Morgan fingerprint density at radius 1 is 0.636 bits per heavy atom. The Hall–Kier alpha value is -1.06. The average Bonchev–Trinajstić information content (AvgIpc) is 2.77. The van der Waals surface area contributed by atoms with E-state index in [1.54, 1.807) is 0 Å². The van der Waals surface area contributed by atoms with Crippen LogP contribution in [0.4, 0.5) is 0 Å². The number of aliphatic carboxylic acids is 2. The maximum Gasteiger partial charge on any atom is 0.310 e. The molecule has 0 bridgehead atoms.